The number of hydrogen-bond donors (Lipinski definition) is 2. The molecule has 0 aromatic rings. The van der Waals surface area contributed by atoms with Crippen molar-refractivity contribution in [2.75, 3.05) is 6.16 Å². The number of carboxylic acids is 1. The van der Waals surface area contributed by atoms with Crippen molar-refractivity contribution >= 4 is 14.0 Å². The molecule has 0 bridgehead atoms. The molecule has 4 nitrogen and oxygen atoms in total. The lowest BCUT2D eigenvalue weighted by atomic mass is 10.5. The Labute approximate surface area is 47.0 Å². The van der Waals surface area contributed by atoms with Gasteiger partial charge < -0.3 is 5.11 Å². The molecule has 5 heteroatoms. The van der Waals surface area contributed by atoms with Gasteiger partial charge in [0.05, 0.1) is 6.42 Å². The predicted octanol–water partition coefficient (Wildman–Crippen LogP) is 0.196. The van der Waals surface area contributed by atoms with Crippen molar-refractivity contribution in [1.82, 2.24) is 0 Å². The van der Waals surface area contributed by atoms with Gasteiger partial charge in [0.25, 0.3) is 0 Å². The van der Waals surface area contributed by atoms with E-state index in [4.69, 9.17) is 10.00 Å². The average Bonchev–Trinajstić information content (AvgIpc) is 1.61. The molecule has 0 aliphatic carbocycles. The van der Waals surface area contributed by atoms with Gasteiger partial charge >= 0.3 is 14.0 Å². The highest BCUT2D eigenvalue weighted by Crippen LogP contribution is 2.12. The van der Waals surface area contributed by atoms with E-state index in [-0.39, 0.29) is 12.6 Å². The van der Waals surface area contributed by atoms with Gasteiger partial charge in [0.15, 0.2) is 6.16 Å². The van der Waals surface area contributed by atoms with Crippen molar-refractivity contribution in [3.63, 3.8) is 0 Å². The molecule has 0 saturated heterocycles. The van der Waals surface area contributed by atoms with Crippen LogP contribution in [-0.4, -0.2) is 22.1 Å². The summed E-state index contributed by atoms with van der Waals surface area (Å²) in [6.45, 7) is 0. The topological polar surface area (TPSA) is 74.6 Å². The van der Waals surface area contributed by atoms with Gasteiger partial charge in [-0.3, -0.25) is 4.79 Å². The first kappa shape index (κ1) is 7.53. The molecule has 0 aliphatic rings. The Bertz CT molecular complexity index is 95.9. The Balaban J connectivity index is 3.18. The first-order chi connectivity index (χ1) is 3.63. The van der Waals surface area contributed by atoms with Crippen LogP contribution >= 0.6 is 8.03 Å². The van der Waals surface area contributed by atoms with E-state index in [1.165, 1.54) is 0 Å². The van der Waals surface area contributed by atoms with Crippen molar-refractivity contribution in [1.29, 1.82) is 0 Å². The summed E-state index contributed by atoms with van der Waals surface area (Å²) < 4.78 is 9.79. The predicted molar refractivity (Wildman–Crippen MR) is 26.9 cm³/mol. The first-order valence-corrected chi connectivity index (χ1v) is 3.38. The number of carbonyl (C=O) groups is 1. The third-order valence-electron chi connectivity index (χ3n) is 0.517. The van der Waals surface area contributed by atoms with Gasteiger partial charge in [0, 0.05) is 0 Å². The molecule has 0 aromatic carbocycles. The molecule has 0 aliphatic heterocycles. The Morgan fingerprint density at radius 2 is 2.12 bits per heavy atom. The molecule has 8 heavy (non-hydrogen) atoms. The van der Waals surface area contributed by atoms with E-state index in [0.717, 1.165) is 0 Å². The summed E-state index contributed by atoms with van der Waals surface area (Å²) in [5.74, 6) is -1.04. The maximum Gasteiger partial charge on any atom is 0.506 e. The summed E-state index contributed by atoms with van der Waals surface area (Å²) in [5.41, 5.74) is 0. The summed E-state index contributed by atoms with van der Waals surface area (Å²) >= 11 is 0. The quantitative estimate of drug-likeness (QED) is 0.544. The highest BCUT2D eigenvalue weighted by atomic mass is 31.1. The van der Waals surface area contributed by atoms with Crippen LogP contribution in [0.1, 0.15) is 6.42 Å². The van der Waals surface area contributed by atoms with Crippen LogP contribution in [0.2, 0.25) is 0 Å². The zero-order valence-corrected chi connectivity index (χ0v) is 4.97. The van der Waals surface area contributed by atoms with Crippen molar-refractivity contribution in [3.8, 4) is 0 Å². The van der Waals surface area contributed by atoms with Crippen LogP contribution in [0.15, 0.2) is 0 Å². The number of aliphatic carboxylic acids is 1. The van der Waals surface area contributed by atoms with E-state index >= 15 is 0 Å². The van der Waals surface area contributed by atoms with Crippen molar-refractivity contribution < 1.29 is 19.4 Å². The van der Waals surface area contributed by atoms with Crippen LogP contribution in [0.5, 0.6) is 0 Å². The molecule has 46 valence electrons. The van der Waals surface area contributed by atoms with Gasteiger partial charge in [-0.1, -0.05) is 0 Å². The lowest BCUT2D eigenvalue weighted by molar-refractivity contribution is -0.136. The van der Waals surface area contributed by atoms with Crippen LogP contribution in [0, 0.1) is 0 Å². The second-order valence-corrected chi connectivity index (χ2v) is 2.37. The van der Waals surface area contributed by atoms with E-state index in [9.17, 15) is 9.36 Å². The van der Waals surface area contributed by atoms with Gasteiger partial charge in [0.1, 0.15) is 0 Å². The molecule has 1 atom stereocenters. The molecule has 0 saturated carbocycles. The van der Waals surface area contributed by atoms with Gasteiger partial charge in [-0.25, -0.2) is 0 Å². The van der Waals surface area contributed by atoms with E-state index < -0.39 is 14.0 Å². The molecular formula is C3H6O4P+. The smallest absolute Gasteiger partial charge is 0.481 e. The van der Waals surface area contributed by atoms with Crippen molar-refractivity contribution in [2.45, 2.75) is 6.42 Å². The van der Waals surface area contributed by atoms with E-state index in [2.05, 4.69) is 0 Å². The molecule has 0 spiro atoms. The van der Waals surface area contributed by atoms with Gasteiger partial charge in [0.2, 0.25) is 0 Å². The molecule has 0 heterocycles. The minimum atomic E-state index is -2.26. The third-order valence-corrected chi connectivity index (χ3v) is 1.12. The summed E-state index contributed by atoms with van der Waals surface area (Å²) in [6, 6.07) is 0. The van der Waals surface area contributed by atoms with Crippen LogP contribution < -0.4 is 0 Å². The maximum atomic E-state index is 9.79. The Morgan fingerprint density at radius 1 is 1.62 bits per heavy atom. The normalized spacial score (nSPS) is 10.9. The van der Waals surface area contributed by atoms with Crippen LogP contribution in [0.4, 0.5) is 0 Å². The zero-order valence-electron chi connectivity index (χ0n) is 4.07. The Hall–Kier alpha value is -0.470. The van der Waals surface area contributed by atoms with Gasteiger partial charge in [-0.2, -0.15) is 4.89 Å². The largest absolute Gasteiger partial charge is 0.506 e. The van der Waals surface area contributed by atoms with Crippen molar-refractivity contribution in [2.24, 2.45) is 0 Å². The highest BCUT2D eigenvalue weighted by Gasteiger charge is 2.11. The zero-order chi connectivity index (χ0) is 6.57. The minimum Gasteiger partial charge on any atom is -0.481 e. The van der Waals surface area contributed by atoms with E-state index in [1.807, 2.05) is 0 Å². The van der Waals surface area contributed by atoms with Crippen LogP contribution in [0.3, 0.4) is 0 Å². The third kappa shape index (κ3) is 5.53. The van der Waals surface area contributed by atoms with Crippen molar-refractivity contribution in [3.05, 3.63) is 0 Å². The monoisotopic (exact) mass is 137 g/mol. The fraction of sp³-hybridized carbons (Fsp3) is 0.667. The number of carboxylic acid groups (broad SMARTS) is 1. The maximum absolute atomic E-state index is 9.79. The molecule has 0 radical (unpaired) electrons. The van der Waals surface area contributed by atoms with Crippen LogP contribution in [-0.2, 0) is 9.36 Å². The number of rotatable bonds is 3. The molecular weight excluding hydrogens is 131 g/mol. The van der Waals surface area contributed by atoms with Gasteiger partial charge in [-0.15, -0.1) is 0 Å². The number of hydrogen-bond acceptors (Lipinski definition) is 2. The fourth-order valence-electron chi connectivity index (χ4n) is 0.191. The summed E-state index contributed by atoms with van der Waals surface area (Å²) in [6.07, 6.45) is -0.379. The molecule has 0 fully saturated rings. The molecule has 0 aromatic heterocycles. The second-order valence-electron chi connectivity index (χ2n) is 1.22. The summed E-state index contributed by atoms with van der Waals surface area (Å²) in [5, 5.41) is 7.92. The SMILES string of the molecule is O=C(O)CC[P+](=O)O. The van der Waals surface area contributed by atoms with Crippen LogP contribution in [0.25, 0.3) is 0 Å². The molecule has 0 rings (SSSR count). The van der Waals surface area contributed by atoms with Gasteiger partial charge in [-0.05, 0) is 4.57 Å². The second kappa shape index (κ2) is 3.52. The molecule has 2 N–H and O–H groups in total. The lowest BCUT2D eigenvalue weighted by Crippen LogP contribution is -1.95. The lowest BCUT2D eigenvalue weighted by Gasteiger charge is -1.76. The molecule has 1 unspecified atom stereocenters. The molecule has 0 amide bonds. The average molecular weight is 137 g/mol. The first-order valence-electron chi connectivity index (χ1n) is 1.98. The Morgan fingerprint density at radius 3 is 2.25 bits per heavy atom. The van der Waals surface area contributed by atoms with E-state index in [0.29, 0.717) is 0 Å². The highest BCUT2D eigenvalue weighted by molar-refractivity contribution is 7.38. The minimum absolute atomic E-state index is 0.148. The van der Waals surface area contributed by atoms with E-state index in [1.54, 1.807) is 0 Å². The fourth-order valence-corrected chi connectivity index (χ4v) is 0.574. The standard InChI is InChI=1S/C3H5O4P/c4-3(5)1-2-8(6)7/h1-2H2,(H-,4,5,6,7)/p+1. The Kier molecular flexibility index (Phi) is 3.31. The summed E-state index contributed by atoms with van der Waals surface area (Å²) in [4.78, 5) is 17.7. The summed E-state index contributed by atoms with van der Waals surface area (Å²) in [7, 11) is -2.26.